The fourth-order valence-electron chi connectivity index (χ4n) is 2.37. The minimum absolute atomic E-state index is 0.224. The van der Waals surface area contributed by atoms with Gasteiger partial charge < -0.3 is 5.32 Å². The number of nitrogens with one attached hydrogen (secondary N) is 2. The van der Waals surface area contributed by atoms with Crippen molar-refractivity contribution in [3.8, 4) is 0 Å². The van der Waals surface area contributed by atoms with E-state index in [2.05, 4.69) is 15.1 Å². The molecule has 0 aliphatic carbocycles. The number of aromatic nitrogens is 2. The van der Waals surface area contributed by atoms with Crippen LogP contribution in [0.4, 0.5) is 0 Å². The van der Waals surface area contributed by atoms with Crippen LogP contribution in [0.3, 0.4) is 0 Å². The van der Waals surface area contributed by atoms with Gasteiger partial charge in [0, 0.05) is 26.2 Å². The van der Waals surface area contributed by atoms with Crippen molar-refractivity contribution in [2.75, 3.05) is 25.4 Å². The van der Waals surface area contributed by atoms with Gasteiger partial charge in [-0.1, -0.05) is 0 Å². The van der Waals surface area contributed by atoms with Crippen LogP contribution in [0.25, 0.3) is 0 Å². The van der Waals surface area contributed by atoms with Gasteiger partial charge in [-0.2, -0.15) is 5.10 Å². The summed E-state index contributed by atoms with van der Waals surface area (Å²) in [6.07, 6.45) is 4.54. The highest BCUT2D eigenvalue weighted by atomic mass is 32.2. The molecule has 108 valence electrons. The van der Waals surface area contributed by atoms with Crippen LogP contribution in [-0.2, 0) is 23.5 Å². The molecule has 0 radical (unpaired) electrons. The Bertz CT molecular complexity index is 492. The van der Waals surface area contributed by atoms with Gasteiger partial charge in [0.2, 0.25) is 10.0 Å². The maximum atomic E-state index is 11.9. The Morgan fingerprint density at radius 3 is 3.05 bits per heavy atom. The van der Waals surface area contributed by atoms with E-state index < -0.39 is 10.0 Å². The molecule has 1 aliphatic rings. The van der Waals surface area contributed by atoms with E-state index in [1.165, 1.54) is 0 Å². The Morgan fingerprint density at radius 2 is 2.42 bits per heavy atom. The fourth-order valence-corrected chi connectivity index (χ4v) is 3.80. The van der Waals surface area contributed by atoms with Crippen LogP contribution in [0.2, 0.25) is 0 Å². The van der Waals surface area contributed by atoms with Gasteiger partial charge in [-0.15, -0.1) is 0 Å². The summed E-state index contributed by atoms with van der Waals surface area (Å²) >= 11 is 0. The molecular weight excluding hydrogens is 264 g/mol. The first-order chi connectivity index (χ1) is 9.05. The number of nitrogens with zero attached hydrogens (tertiary/aromatic N) is 2. The molecule has 6 nitrogen and oxygen atoms in total. The van der Waals surface area contributed by atoms with Crippen LogP contribution in [0.1, 0.15) is 18.5 Å². The van der Waals surface area contributed by atoms with Crippen LogP contribution >= 0.6 is 0 Å². The average molecular weight is 286 g/mol. The summed E-state index contributed by atoms with van der Waals surface area (Å²) < 4.78 is 28.2. The molecule has 2 N–H and O–H groups in total. The van der Waals surface area contributed by atoms with Crippen molar-refractivity contribution >= 4 is 10.0 Å². The Hall–Kier alpha value is -0.920. The normalized spacial score (nSPS) is 20.6. The zero-order chi connectivity index (χ0) is 13.7. The van der Waals surface area contributed by atoms with Crippen molar-refractivity contribution < 1.29 is 8.42 Å². The van der Waals surface area contributed by atoms with Gasteiger partial charge in [0.1, 0.15) is 0 Å². The third kappa shape index (κ3) is 4.93. The number of rotatable bonds is 6. The van der Waals surface area contributed by atoms with E-state index in [0.29, 0.717) is 13.0 Å². The van der Waals surface area contributed by atoms with Crippen LogP contribution < -0.4 is 10.0 Å². The first-order valence-electron chi connectivity index (χ1n) is 6.72. The summed E-state index contributed by atoms with van der Waals surface area (Å²) in [5.74, 6) is 0.462. The van der Waals surface area contributed by atoms with E-state index in [0.717, 1.165) is 31.6 Å². The van der Waals surface area contributed by atoms with Gasteiger partial charge in [0.25, 0.3) is 0 Å². The predicted octanol–water partition coefficient (Wildman–Crippen LogP) is -0.118. The highest BCUT2D eigenvalue weighted by Crippen LogP contribution is 2.11. The lowest BCUT2D eigenvalue weighted by atomic mass is 10.0. The first kappa shape index (κ1) is 14.5. The highest BCUT2D eigenvalue weighted by molar-refractivity contribution is 7.89. The summed E-state index contributed by atoms with van der Waals surface area (Å²) in [7, 11) is -1.32. The number of piperidine rings is 1. The van der Waals surface area contributed by atoms with Gasteiger partial charge in [-0.3, -0.25) is 4.68 Å². The SMILES string of the molecule is Cn1ccc(CCNS(=O)(=O)CC2CCCNC2)n1. The van der Waals surface area contributed by atoms with Gasteiger partial charge in [0.15, 0.2) is 0 Å². The molecule has 0 saturated carbocycles. The number of hydrogen-bond donors (Lipinski definition) is 2. The van der Waals surface area contributed by atoms with E-state index >= 15 is 0 Å². The van der Waals surface area contributed by atoms with Crippen LogP contribution in [-0.4, -0.2) is 43.6 Å². The topological polar surface area (TPSA) is 76.0 Å². The Morgan fingerprint density at radius 1 is 1.58 bits per heavy atom. The molecule has 2 rings (SSSR count). The smallest absolute Gasteiger partial charge is 0.211 e. The third-order valence-corrected chi connectivity index (χ3v) is 4.88. The summed E-state index contributed by atoms with van der Waals surface area (Å²) in [6, 6.07) is 1.90. The second-order valence-corrected chi connectivity index (χ2v) is 6.97. The van der Waals surface area contributed by atoms with E-state index in [1.54, 1.807) is 4.68 Å². The van der Waals surface area contributed by atoms with Crippen LogP contribution in [0.5, 0.6) is 0 Å². The van der Waals surface area contributed by atoms with Crippen LogP contribution in [0.15, 0.2) is 12.3 Å². The molecule has 1 aromatic rings. The summed E-state index contributed by atoms with van der Waals surface area (Å²) in [5, 5.41) is 7.45. The number of hydrogen-bond acceptors (Lipinski definition) is 4. The standard InChI is InChI=1S/C12H22N4O2S/c1-16-8-5-12(15-16)4-7-14-19(17,18)10-11-3-2-6-13-9-11/h5,8,11,13-14H,2-4,6-7,9-10H2,1H3. The fraction of sp³-hybridized carbons (Fsp3) is 0.750. The molecular formula is C12H22N4O2S. The third-order valence-electron chi connectivity index (χ3n) is 3.33. The average Bonchev–Trinajstić information content (AvgIpc) is 2.75. The highest BCUT2D eigenvalue weighted by Gasteiger charge is 2.20. The molecule has 1 aromatic heterocycles. The molecule has 0 spiro atoms. The van der Waals surface area contributed by atoms with Crippen molar-refractivity contribution in [2.24, 2.45) is 13.0 Å². The predicted molar refractivity (Wildman–Crippen MR) is 74.3 cm³/mol. The lowest BCUT2D eigenvalue weighted by Crippen LogP contribution is -2.38. The Balaban J connectivity index is 1.74. The lowest BCUT2D eigenvalue weighted by Gasteiger charge is -2.22. The second-order valence-electron chi connectivity index (χ2n) is 5.12. The van der Waals surface area contributed by atoms with Crippen molar-refractivity contribution in [1.82, 2.24) is 19.8 Å². The van der Waals surface area contributed by atoms with Crippen LogP contribution in [0, 0.1) is 5.92 Å². The van der Waals surface area contributed by atoms with Crippen molar-refractivity contribution in [1.29, 1.82) is 0 Å². The molecule has 1 fully saturated rings. The van der Waals surface area contributed by atoms with E-state index in [9.17, 15) is 8.42 Å². The Labute approximate surface area is 114 Å². The molecule has 0 amide bonds. The van der Waals surface area contributed by atoms with Crippen molar-refractivity contribution in [3.63, 3.8) is 0 Å². The number of sulfonamides is 1. The molecule has 0 aromatic carbocycles. The summed E-state index contributed by atoms with van der Waals surface area (Å²) in [4.78, 5) is 0. The molecule has 1 unspecified atom stereocenters. The summed E-state index contributed by atoms with van der Waals surface area (Å²) in [5.41, 5.74) is 0.907. The molecule has 0 bridgehead atoms. The van der Waals surface area contributed by atoms with Crippen molar-refractivity contribution in [2.45, 2.75) is 19.3 Å². The zero-order valence-electron chi connectivity index (χ0n) is 11.3. The minimum Gasteiger partial charge on any atom is -0.316 e. The van der Waals surface area contributed by atoms with Gasteiger partial charge in [-0.25, -0.2) is 13.1 Å². The minimum atomic E-state index is -3.17. The van der Waals surface area contributed by atoms with E-state index in [4.69, 9.17) is 0 Å². The quantitative estimate of drug-likeness (QED) is 0.764. The maximum absolute atomic E-state index is 11.9. The zero-order valence-corrected chi connectivity index (χ0v) is 12.1. The molecule has 1 aliphatic heterocycles. The van der Waals surface area contributed by atoms with Gasteiger partial charge in [-0.05, 0) is 37.9 Å². The first-order valence-corrected chi connectivity index (χ1v) is 8.37. The van der Waals surface area contributed by atoms with E-state index in [-0.39, 0.29) is 11.7 Å². The number of aryl methyl sites for hydroxylation is 1. The maximum Gasteiger partial charge on any atom is 0.211 e. The monoisotopic (exact) mass is 286 g/mol. The lowest BCUT2D eigenvalue weighted by molar-refractivity contribution is 0.403. The largest absolute Gasteiger partial charge is 0.316 e. The molecule has 2 heterocycles. The molecule has 19 heavy (non-hydrogen) atoms. The van der Waals surface area contributed by atoms with Gasteiger partial charge >= 0.3 is 0 Å². The Kier molecular flexibility index (Phi) is 4.95. The van der Waals surface area contributed by atoms with Crippen molar-refractivity contribution in [3.05, 3.63) is 18.0 Å². The van der Waals surface area contributed by atoms with E-state index in [1.807, 2.05) is 19.3 Å². The van der Waals surface area contributed by atoms with Gasteiger partial charge in [0.05, 0.1) is 11.4 Å². The second kappa shape index (κ2) is 6.49. The molecule has 1 atom stereocenters. The molecule has 7 heteroatoms. The summed E-state index contributed by atoms with van der Waals surface area (Å²) in [6.45, 7) is 2.23. The molecule has 1 saturated heterocycles.